The number of carbonyl (C=O) groups is 1. The van der Waals surface area contributed by atoms with Gasteiger partial charge in [0.2, 0.25) is 0 Å². The Bertz CT molecular complexity index is 531. The van der Waals surface area contributed by atoms with Crippen molar-refractivity contribution >= 4 is 28.4 Å². The zero-order valence-corrected chi connectivity index (χ0v) is 9.35. The lowest BCUT2D eigenvalue weighted by Gasteiger charge is -1.99. The first-order valence-electron chi connectivity index (χ1n) is 4.70. The molecule has 0 aliphatic heterocycles. The highest BCUT2D eigenvalue weighted by Gasteiger charge is 2.07. The molecule has 0 amide bonds. The van der Waals surface area contributed by atoms with Crippen molar-refractivity contribution < 1.29 is 4.79 Å². The predicted molar refractivity (Wildman–Crippen MR) is 60.2 cm³/mol. The van der Waals surface area contributed by atoms with E-state index in [0.717, 1.165) is 22.4 Å². The van der Waals surface area contributed by atoms with Crippen LogP contribution in [0.15, 0.2) is 12.1 Å². The van der Waals surface area contributed by atoms with Gasteiger partial charge in [-0.1, -0.05) is 11.6 Å². The van der Waals surface area contributed by atoms with E-state index >= 15 is 0 Å². The lowest BCUT2D eigenvalue weighted by molar-refractivity contribution is -0.116. The smallest absolute Gasteiger partial charge is 0.134 e. The number of fused-ring (bicyclic) bond motifs is 1. The van der Waals surface area contributed by atoms with E-state index in [2.05, 4.69) is 9.97 Å². The van der Waals surface area contributed by atoms with E-state index in [1.807, 2.05) is 13.0 Å². The molecule has 78 valence electrons. The number of nitrogens with zero attached hydrogens (tertiary/aromatic N) is 1. The monoisotopic (exact) mass is 222 g/mol. The van der Waals surface area contributed by atoms with Crippen molar-refractivity contribution in [2.45, 2.75) is 20.3 Å². The summed E-state index contributed by atoms with van der Waals surface area (Å²) in [7, 11) is 0. The molecule has 0 aliphatic rings. The molecule has 0 spiro atoms. The zero-order valence-electron chi connectivity index (χ0n) is 8.60. The van der Waals surface area contributed by atoms with E-state index in [1.165, 1.54) is 0 Å². The van der Waals surface area contributed by atoms with Crippen LogP contribution in [-0.4, -0.2) is 15.8 Å². The van der Waals surface area contributed by atoms with Crippen molar-refractivity contribution in [2.75, 3.05) is 0 Å². The molecule has 3 nitrogen and oxygen atoms in total. The third-order valence-corrected chi connectivity index (χ3v) is 2.46. The van der Waals surface area contributed by atoms with E-state index in [4.69, 9.17) is 11.6 Å². The van der Waals surface area contributed by atoms with Crippen LogP contribution >= 0.6 is 11.6 Å². The van der Waals surface area contributed by atoms with Crippen molar-refractivity contribution in [1.82, 2.24) is 9.97 Å². The molecule has 0 saturated heterocycles. The number of aryl methyl sites for hydroxylation is 1. The van der Waals surface area contributed by atoms with Crippen LogP contribution in [0, 0.1) is 6.92 Å². The molecule has 1 aromatic heterocycles. The normalized spacial score (nSPS) is 10.9. The number of H-pyrrole nitrogens is 1. The summed E-state index contributed by atoms with van der Waals surface area (Å²) in [6.07, 6.45) is 0.410. The Labute approximate surface area is 92.5 Å². The first-order chi connectivity index (χ1) is 7.06. The Hall–Kier alpha value is -1.35. The Balaban J connectivity index is 2.56. The largest absolute Gasteiger partial charge is 0.342 e. The topological polar surface area (TPSA) is 45.8 Å². The van der Waals surface area contributed by atoms with Crippen LogP contribution in [0.5, 0.6) is 0 Å². The third-order valence-electron chi connectivity index (χ3n) is 2.17. The molecule has 1 heterocycles. The number of halogens is 1. The van der Waals surface area contributed by atoms with Crippen LogP contribution in [-0.2, 0) is 11.2 Å². The molecule has 4 heteroatoms. The van der Waals surface area contributed by atoms with Gasteiger partial charge in [0.25, 0.3) is 0 Å². The predicted octanol–water partition coefficient (Wildman–Crippen LogP) is 2.66. The number of carbonyl (C=O) groups excluding carboxylic acids is 1. The first-order valence-corrected chi connectivity index (χ1v) is 5.08. The highest BCUT2D eigenvalue weighted by atomic mass is 35.5. The SMILES string of the molecule is CC(=O)Cc1cc(Cl)c2nc(C)[nH]c2c1. The Morgan fingerprint density at radius 2 is 2.27 bits per heavy atom. The summed E-state index contributed by atoms with van der Waals surface area (Å²) in [5.41, 5.74) is 2.57. The summed E-state index contributed by atoms with van der Waals surface area (Å²) in [6.45, 7) is 3.44. The van der Waals surface area contributed by atoms with Gasteiger partial charge in [0.05, 0.1) is 10.5 Å². The number of Topliss-reactive ketones (excluding diaryl/α,β-unsaturated/α-hetero) is 1. The zero-order chi connectivity index (χ0) is 11.0. The Morgan fingerprint density at radius 3 is 2.93 bits per heavy atom. The number of benzene rings is 1. The molecule has 1 N–H and O–H groups in total. The van der Waals surface area contributed by atoms with Gasteiger partial charge in [-0.15, -0.1) is 0 Å². The number of nitrogens with one attached hydrogen (secondary N) is 1. The number of aromatic nitrogens is 2. The summed E-state index contributed by atoms with van der Waals surface area (Å²) in [5.74, 6) is 0.952. The van der Waals surface area contributed by atoms with Crippen LogP contribution < -0.4 is 0 Å². The lowest BCUT2D eigenvalue weighted by atomic mass is 10.1. The second-order valence-electron chi connectivity index (χ2n) is 3.67. The maximum atomic E-state index is 11.0. The fraction of sp³-hybridized carbons (Fsp3) is 0.273. The Morgan fingerprint density at radius 1 is 1.53 bits per heavy atom. The molecule has 15 heavy (non-hydrogen) atoms. The summed E-state index contributed by atoms with van der Waals surface area (Å²) in [5, 5.41) is 0.591. The second-order valence-corrected chi connectivity index (χ2v) is 4.08. The minimum Gasteiger partial charge on any atom is -0.342 e. The summed E-state index contributed by atoms with van der Waals surface area (Å²) in [6, 6.07) is 3.72. The average Bonchev–Trinajstić information content (AvgIpc) is 2.44. The van der Waals surface area contributed by atoms with E-state index in [1.54, 1.807) is 13.0 Å². The Kier molecular flexibility index (Phi) is 2.49. The number of aromatic amines is 1. The van der Waals surface area contributed by atoms with Gasteiger partial charge >= 0.3 is 0 Å². The number of imidazole rings is 1. The van der Waals surface area contributed by atoms with Gasteiger partial charge in [0.1, 0.15) is 17.1 Å². The van der Waals surface area contributed by atoms with Gasteiger partial charge in [0.15, 0.2) is 0 Å². The molecule has 2 aromatic rings. The van der Waals surface area contributed by atoms with Gasteiger partial charge < -0.3 is 4.98 Å². The first kappa shape index (κ1) is 10.2. The summed E-state index contributed by atoms with van der Waals surface area (Å²) < 4.78 is 0. The van der Waals surface area contributed by atoms with Gasteiger partial charge in [-0.25, -0.2) is 4.98 Å². The molecular formula is C11H11ClN2O. The van der Waals surface area contributed by atoms with Crippen LogP contribution in [0.2, 0.25) is 5.02 Å². The fourth-order valence-corrected chi connectivity index (χ4v) is 1.93. The van der Waals surface area contributed by atoms with Crippen LogP contribution in [0.3, 0.4) is 0 Å². The van der Waals surface area contributed by atoms with Crippen LogP contribution in [0.4, 0.5) is 0 Å². The van der Waals surface area contributed by atoms with Crippen molar-refractivity contribution in [2.24, 2.45) is 0 Å². The summed E-state index contributed by atoms with van der Waals surface area (Å²) >= 11 is 6.07. The van der Waals surface area contributed by atoms with Crippen molar-refractivity contribution in [3.8, 4) is 0 Å². The molecule has 1 aromatic carbocycles. The maximum absolute atomic E-state index is 11.0. The minimum absolute atomic E-state index is 0.127. The molecule has 0 fully saturated rings. The van der Waals surface area contributed by atoms with Gasteiger partial charge in [-0.05, 0) is 31.5 Å². The average molecular weight is 223 g/mol. The maximum Gasteiger partial charge on any atom is 0.134 e. The van der Waals surface area contributed by atoms with Crippen LogP contribution in [0.25, 0.3) is 11.0 Å². The lowest BCUT2D eigenvalue weighted by Crippen LogP contribution is -1.96. The fourth-order valence-electron chi connectivity index (χ4n) is 1.64. The van der Waals surface area contributed by atoms with Gasteiger partial charge in [-0.3, -0.25) is 4.79 Å². The second kappa shape index (κ2) is 3.66. The molecular weight excluding hydrogens is 212 g/mol. The molecule has 0 aliphatic carbocycles. The van der Waals surface area contributed by atoms with E-state index in [9.17, 15) is 4.79 Å². The minimum atomic E-state index is 0.127. The van der Waals surface area contributed by atoms with Crippen LogP contribution in [0.1, 0.15) is 18.3 Å². The standard InChI is InChI=1S/C11H11ClN2O/c1-6(15)3-8-4-9(12)11-10(5-8)13-7(2)14-11/h4-5H,3H2,1-2H3,(H,13,14). The molecule has 0 atom stereocenters. The summed E-state index contributed by atoms with van der Waals surface area (Å²) in [4.78, 5) is 18.4. The van der Waals surface area contributed by atoms with E-state index < -0.39 is 0 Å². The quantitative estimate of drug-likeness (QED) is 0.849. The van der Waals surface area contributed by atoms with E-state index in [0.29, 0.717) is 11.4 Å². The van der Waals surface area contributed by atoms with E-state index in [-0.39, 0.29) is 5.78 Å². The molecule has 0 bridgehead atoms. The molecule has 0 saturated carbocycles. The van der Waals surface area contributed by atoms with Crippen molar-refractivity contribution in [3.05, 3.63) is 28.5 Å². The molecule has 0 unspecified atom stereocenters. The number of hydrogen-bond donors (Lipinski definition) is 1. The van der Waals surface area contributed by atoms with Gasteiger partial charge in [-0.2, -0.15) is 0 Å². The molecule has 2 rings (SSSR count). The highest BCUT2D eigenvalue weighted by Crippen LogP contribution is 2.23. The molecule has 0 radical (unpaired) electrons. The van der Waals surface area contributed by atoms with Crippen molar-refractivity contribution in [3.63, 3.8) is 0 Å². The third kappa shape index (κ3) is 2.02. The highest BCUT2D eigenvalue weighted by molar-refractivity contribution is 6.35. The van der Waals surface area contributed by atoms with Crippen molar-refractivity contribution in [1.29, 1.82) is 0 Å². The number of ketones is 1. The van der Waals surface area contributed by atoms with Gasteiger partial charge in [0, 0.05) is 6.42 Å². The number of hydrogen-bond acceptors (Lipinski definition) is 2. The number of rotatable bonds is 2.